The number of phenols is 1. The molecule has 0 saturated heterocycles. The Morgan fingerprint density at radius 2 is 1.96 bits per heavy atom. The predicted octanol–water partition coefficient (Wildman–Crippen LogP) is 3.76. The minimum atomic E-state index is -0.370. The number of ketones is 1. The largest absolute Gasteiger partial charge is 0.504 e. The fourth-order valence-corrected chi connectivity index (χ4v) is 4.02. The molecule has 4 nitrogen and oxygen atoms in total. The maximum Gasteiger partial charge on any atom is 0.194 e. The Hall–Kier alpha value is -3.06. The summed E-state index contributed by atoms with van der Waals surface area (Å²) in [4.78, 5) is 13.2. The molecule has 0 aliphatic heterocycles. The van der Waals surface area contributed by atoms with E-state index in [1.807, 2.05) is 12.1 Å². The first-order chi connectivity index (χ1) is 11.9. The third kappa shape index (κ3) is 1.96. The Kier molecular flexibility index (Phi) is 3.07. The van der Waals surface area contributed by atoms with Gasteiger partial charge in [0.2, 0.25) is 0 Å². The molecule has 2 aliphatic rings. The third-order valence-corrected chi connectivity index (χ3v) is 5.39. The van der Waals surface area contributed by atoms with Crippen molar-refractivity contribution in [2.75, 3.05) is 7.11 Å². The van der Waals surface area contributed by atoms with E-state index in [4.69, 9.17) is 10.00 Å². The van der Waals surface area contributed by atoms with Crippen LogP contribution in [0.1, 0.15) is 46.5 Å². The highest BCUT2D eigenvalue weighted by molar-refractivity contribution is 6.33. The summed E-state index contributed by atoms with van der Waals surface area (Å²) in [7, 11) is 1.50. The SMILES string of the molecule is COc1cc2c(cc1O)C(=O)C1=C(Cc3cc(C#N)ccc31)C2(C)C. The van der Waals surface area contributed by atoms with Gasteiger partial charge in [-0.25, -0.2) is 0 Å². The third-order valence-electron chi connectivity index (χ3n) is 5.39. The number of Topliss-reactive ketones (excluding diaryl/α,β-unsaturated/α-hetero) is 1. The maximum absolute atomic E-state index is 13.2. The molecule has 0 amide bonds. The lowest BCUT2D eigenvalue weighted by atomic mass is 9.68. The lowest BCUT2D eigenvalue weighted by Crippen LogP contribution is -2.29. The van der Waals surface area contributed by atoms with E-state index in [2.05, 4.69) is 19.9 Å². The van der Waals surface area contributed by atoms with Crippen molar-refractivity contribution in [3.8, 4) is 17.6 Å². The van der Waals surface area contributed by atoms with E-state index in [0.717, 1.165) is 22.3 Å². The number of phenolic OH excluding ortho intramolecular Hbond substituents is 1. The van der Waals surface area contributed by atoms with Gasteiger partial charge in [0.05, 0.1) is 18.7 Å². The second kappa shape index (κ2) is 4.97. The summed E-state index contributed by atoms with van der Waals surface area (Å²) in [5.74, 6) is 0.254. The minimum absolute atomic E-state index is 0.0347. The Labute approximate surface area is 146 Å². The molecule has 0 unspecified atom stereocenters. The van der Waals surface area contributed by atoms with Gasteiger partial charge in [0.15, 0.2) is 17.3 Å². The Morgan fingerprint density at radius 1 is 1.20 bits per heavy atom. The summed E-state index contributed by atoms with van der Waals surface area (Å²) in [6.07, 6.45) is 0.654. The van der Waals surface area contributed by atoms with Gasteiger partial charge in [0, 0.05) is 16.6 Å². The van der Waals surface area contributed by atoms with Crippen LogP contribution in [0.2, 0.25) is 0 Å². The van der Waals surface area contributed by atoms with Crippen LogP contribution in [0.25, 0.3) is 5.57 Å². The number of carbonyl (C=O) groups excluding carboxylic acids is 1. The van der Waals surface area contributed by atoms with E-state index in [9.17, 15) is 9.90 Å². The van der Waals surface area contributed by atoms with Crippen LogP contribution in [-0.4, -0.2) is 18.0 Å². The van der Waals surface area contributed by atoms with Crippen molar-refractivity contribution in [1.29, 1.82) is 5.26 Å². The topological polar surface area (TPSA) is 70.3 Å². The van der Waals surface area contributed by atoms with Crippen molar-refractivity contribution >= 4 is 11.4 Å². The van der Waals surface area contributed by atoms with Crippen LogP contribution in [0.15, 0.2) is 35.9 Å². The molecule has 124 valence electrons. The van der Waals surface area contributed by atoms with Crippen LogP contribution in [0.5, 0.6) is 11.5 Å². The zero-order valence-electron chi connectivity index (χ0n) is 14.3. The average Bonchev–Trinajstić information content (AvgIpc) is 2.99. The highest BCUT2D eigenvalue weighted by Crippen LogP contribution is 2.51. The van der Waals surface area contributed by atoms with Crippen LogP contribution in [-0.2, 0) is 11.8 Å². The molecule has 0 heterocycles. The number of benzene rings is 2. The van der Waals surface area contributed by atoms with Gasteiger partial charge in [-0.3, -0.25) is 4.79 Å². The highest BCUT2D eigenvalue weighted by atomic mass is 16.5. The number of nitriles is 1. The summed E-state index contributed by atoms with van der Waals surface area (Å²) < 4.78 is 5.23. The number of ether oxygens (including phenoxy) is 1. The lowest BCUT2D eigenvalue weighted by Gasteiger charge is -2.34. The number of hydrogen-bond acceptors (Lipinski definition) is 4. The summed E-state index contributed by atoms with van der Waals surface area (Å²) in [5.41, 5.74) is 5.27. The van der Waals surface area contributed by atoms with E-state index in [1.54, 1.807) is 12.1 Å². The molecule has 0 atom stereocenters. The smallest absolute Gasteiger partial charge is 0.194 e. The fraction of sp³-hybridized carbons (Fsp3) is 0.238. The maximum atomic E-state index is 13.2. The second-order valence-electron chi connectivity index (χ2n) is 7.04. The Morgan fingerprint density at radius 3 is 2.64 bits per heavy atom. The van der Waals surface area contributed by atoms with Gasteiger partial charge in [-0.1, -0.05) is 19.9 Å². The Bertz CT molecular complexity index is 1020. The summed E-state index contributed by atoms with van der Waals surface area (Å²) >= 11 is 0. The molecule has 1 N–H and O–H groups in total. The van der Waals surface area contributed by atoms with Gasteiger partial charge in [0.1, 0.15) is 0 Å². The molecule has 0 saturated carbocycles. The molecular weight excluding hydrogens is 314 g/mol. The van der Waals surface area contributed by atoms with Crippen LogP contribution < -0.4 is 4.74 Å². The van der Waals surface area contributed by atoms with Crippen LogP contribution in [0.3, 0.4) is 0 Å². The molecule has 2 aliphatic carbocycles. The molecule has 0 spiro atoms. The second-order valence-corrected chi connectivity index (χ2v) is 7.04. The zero-order chi connectivity index (χ0) is 17.9. The molecule has 0 radical (unpaired) electrons. The highest BCUT2D eigenvalue weighted by Gasteiger charge is 2.43. The predicted molar refractivity (Wildman–Crippen MR) is 93.8 cm³/mol. The number of aromatic hydroxyl groups is 1. The first-order valence-electron chi connectivity index (χ1n) is 8.11. The molecule has 25 heavy (non-hydrogen) atoms. The van der Waals surface area contributed by atoms with Gasteiger partial charge in [0.25, 0.3) is 0 Å². The number of methoxy groups -OCH3 is 1. The number of nitrogens with zero attached hydrogens (tertiary/aromatic N) is 1. The molecule has 0 aromatic heterocycles. The van der Waals surface area contributed by atoms with Gasteiger partial charge in [-0.2, -0.15) is 5.26 Å². The van der Waals surface area contributed by atoms with Crippen molar-refractivity contribution in [3.63, 3.8) is 0 Å². The first-order valence-corrected chi connectivity index (χ1v) is 8.11. The number of fused-ring (bicyclic) bond motifs is 3. The van der Waals surface area contributed by atoms with E-state index in [0.29, 0.717) is 28.9 Å². The summed E-state index contributed by atoms with van der Waals surface area (Å²) in [6, 6.07) is 10.9. The molecule has 2 aromatic carbocycles. The molecule has 2 aromatic rings. The van der Waals surface area contributed by atoms with Crippen molar-refractivity contribution < 1.29 is 14.6 Å². The standard InChI is InChI=1S/C21H17NO3/c1-21(2)15-9-18(25-3)17(23)8-14(15)20(24)19-13-5-4-11(10-22)6-12(13)7-16(19)21/h4-6,8-9,23H,7H2,1-3H3. The molecule has 0 fully saturated rings. The van der Waals surface area contributed by atoms with Gasteiger partial charge < -0.3 is 9.84 Å². The van der Waals surface area contributed by atoms with E-state index >= 15 is 0 Å². The van der Waals surface area contributed by atoms with Crippen LogP contribution in [0, 0.1) is 11.3 Å². The number of hydrogen-bond donors (Lipinski definition) is 1. The van der Waals surface area contributed by atoms with Crippen LogP contribution in [0.4, 0.5) is 0 Å². The number of allylic oxidation sites excluding steroid dienone is 2. The van der Waals surface area contributed by atoms with E-state index < -0.39 is 0 Å². The summed E-state index contributed by atoms with van der Waals surface area (Å²) in [5, 5.41) is 19.3. The first kappa shape index (κ1) is 15.5. The van der Waals surface area contributed by atoms with Crippen molar-refractivity contribution in [1.82, 2.24) is 0 Å². The van der Waals surface area contributed by atoms with E-state index in [1.165, 1.54) is 13.2 Å². The molecule has 4 rings (SSSR count). The van der Waals surface area contributed by atoms with Gasteiger partial charge >= 0.3 is 0 Å². The lowest BCUT2D eigenvalue weighted by molar-refractivity contribution is 0.105. The minimum Gasteiger partial charge on any atom is -0.504 e. The number of carbonyl (C=O) groups is 1. The average molecular weight is 331 g/mol. The molecule has 4 heteroatoms. The quantitative estimate of drug-likeness (QED) is 0.864. The summed E-state index contributed by atoms with van der Waals surface area (Å²) in [6.45, 7) is 4.17. The van der Waals surface area contributed by atoms with Gasteiger partial charge in [-0.15, -0.1) is 0 Å². The number of rotatable bonds is 1. The van der Waals surface area contributed by atoms with Crippen molar-refractivity contribution in [2.45, 2.75) is 25.7 Å². The molecular formula is C21H17NO3. The fourth-order valence-electron chi connectivity index (χ4n) is 4.02. The Balaban J connectivity index is 1.96. The van der Waals surface area contributed by atoms with Crippen molar-refractivity contribution in [2.24, 2.45) is 0 Å². The monoisotopic (exact) mass is 331 g/mol. The van der Waals surface area contributed by atoms with Gasteiger partial charge in [-0.05, 0) is 52.9 Å². The molecule has 0 bridgehead atoms. The van der Waals surface area contributed by atoms with E-state index in [-0.39, 0.29) is 16.9 Å². The van der Waals surface area contributed by atoms with Crippen molar-refractivity contribution in [3.05, 3.63) is 63.7 Å². The van der Waals surface area contributed by atoms with Crippen LogP contribution >= 0.6 is 0 Å². The zero-order valence-corrected chi connectivity index (χ0v) is 14.3. The normalized spacial score (nSPS) is 16.8.